The van der Waals surface area contributed by atoms with Gasteiger partial charge in [-0.25, -0.2) is 0 Å². The highest BCUT2D eigenvalue weighted by Crippen LogP contribution is 2.62. The molecule has 3 aliphatic rings. The normalized spacial score (nSPS) is 41.0. The highest BCUT2D eigenvalue weighted by Gasteiger charge is 2.54. The van der Waals surface area contributed by atoms with Crippen LogP contribution in [0.5, 0.6) is 0 Å². The summed E-state index contributed by atoms with van der Waals surface area (Å²) in [7, 11) is 0. The Kier molecular flexibility index (Phi) is 10.3. The monoisotopic (exact) mass is 418 g/mol. The van der Waals surface area contributed by atoms with Gasteiger partial charge in [0.1, 0.15) is 0 Å². The Hall–Kier alpha value is 0. The van der Waals surface area contributed by atoms with Crippen molar-refractivity contribution in [3.63, 3.8) is 0 Å². The van der Waals surface area contributed by atoms with E-state index in [2.05, 4.69) is 48.5 Å². The molecular weight excluding hydrogens is 360 g/mol. The molecule has 3 saturated carbocycles. The summed E-state index contributed by atoms with van der Waals surface area (Å²) in [5.74, 6) is 8.82. The SMILES string of the molecule is CC.CCC(CCC(C)C1CCC2C(C3CC(C)CCC3C)CCCC12C)C(C)C. The molecule has 0 heterocycles. The molecule has 178 valence electrons. The second-order valence-corrected chi connectivity index (χ2v) is 12.4. The molecule has 0 radical (unpaired) electrons. The van der Waals surface area contributed by atoms with E-state index >= 15 is 0 Å². The van der Waals surface area contributed by atoms with Gasteiger partial charge in [-0.1, -0.05) is 94.4 Å². The first-order valence-corrected chi connectivity index (χ1v) is 14.3. The zero-order valence-corrected chi connectivity index (χ0v) is 22.5. The molecule has 0 aromatic carbocycles. The van der Waals surface area contributed by atoms with E-state index in [9.17, 15) is 0 Å². The van der Waals surface area contributed by atoms with E-state index in [4.69, 9.17) is 0 Å². The van der Waals surface area contributed by atoms with Crippen molar-refractivity contribution in [2.24, 2.45) is 58.7 Å². The maximum atomic E-state index is 2.74. The van der Waals surface area contributed by atoms with Crippen LogP contribution >= 0.6 is 0 Å². The second kappa shape index (κ2) is 11.7. The molecule has 0 bridgehead atoms. The maximum Gasteiger partial charge on any atom is -0.0264 e. The highest BCUT2D eigenvalue weighted by atomic mass is 14.6. The van der Waals surface area contributed by atoms with Crippen LogP contribution in [0.2, 0.25) is 0 Å². The topological polar surface area (TPSA) is 0 Å². The molecule has 3 aliphatic carbocycles. The van der Waals surface area contributed by atoms with Crippen molar-refractivity contribution < 1.29 is 0 Å². The van der Waals surface area contributed by atoms with Crippen molar-refractivity contribution >= 4 is 0 Å². The van der Waals surface area contributed by atoms with Crippen LogP contribution in [-0.2, 0) is 0 Å². The van der Waals surface area contributed by atoms with Gasteiger partial charge in [-0.05, 0) is 97.2 Å². The predicted molar refractivity (Wildman–Crippen MR) is 136 cm³/mol. The minimum atomic E-state index is 0.655. The first-order chi connectivity index (χ1) is 14.3. The van der Waals surface area contributed by atoms with E-state index in [-0.39, 0.29) is 0 Å². The molecule has 0 aromatic rings. The van der Waals surface area contributed by atoms with Crippen LogP contribution < -0.4 is 0 Å². The van der Waals surface area contributed by atoms with Gasteiger partial charge in [0, 0.05) is 0 Å². The Labute approximate surface area is 191 Å². The molecule has 0 amide bonds. The van der Waals surface area contributed by atoms with Crippen molar-refractivity contribution in [1.82, 2.24) is 0 Å². The van der Waals surface area contributed by atoms with Crippen LogP contribution in [0.1, 0.15) is 133 Å². The lowest BCUT2D eigenvalue weighted by atomic mass is 9.54. The van der Waals surface area contributed by atoms with E-state index in [1.54, 1.807) is 12.8 Å². The van der Waals surface area contributed by atoms with E-state index in [0.717, 1.165) is 53.3 Å². The third kappa shape index (κ3) is 5.67. The maximum absolute atomic E-state index is 2.74. The molecule has 3 fully saturated rings. The smallest absolute Gasteiger partial charge is 0.0264 e. The Bertz CT molecular complexity index is 478. The zero-order valence-electron chi connectivity index (χ0n) is 22.5. The van der Waals surface area contributed by atoms with Crippen LogP contribution in [0, 0.1) is 58.7 Å². The van der Waals surface area contributed by atoms with Gasteiger partial charge < -0.3 is 0 Å². The van der Waals surface area contributed by atoms with Crippen LogP contribution in [0.25, 0.3) is 0 Å². The van der Waals surface area contributed by atoms with Gasteiger partial charge in [0.05, 0.1) is 0 Å². The van der Waals surface area contributed by atoms with Gasteiger partial charge in [0.25, 0.3) is 0 Å². The van der Waals surface area contributed by atoms with Gasteiger partial charge in [-0.15, -0.1) is 0 Å². The number of hydrogen-bond donors (Lipinski definition) is 0. The molecule has 0 heteroatoms. The van der Waals surface area contributed by atoms with Crippen LogP contribution in [0.4, 0.5) is 0 Å². The molecule has 0 spiro atoms. The fourth-order valence-corrected chi connectivity index (χ4v) is 8.59. The summed E-state index contributed by atoms with van der Waals surface area (Å²) in [6, 6.07) is 0. The van der Waals surface area contributed by atoms with Gasteiger partial charge in [-0.3, -0.25) is 0 Å². The molecule has 0 N–H and O–H groups in total. The summed E-state index contributed by atoms with van der Waals surface area (Å²) >= 11 is 0. The molecule has 9 atom stereocenters. The summed E-state index contributed by atoms with van der Waals surface area (Å²) in [4.78, 5) is 0. The molecular formula is C30H58. The fraction of sp³-hybridized carbons (Fsp3) is 1.00. The molecule has 9 unspecified atom stereocenters. The van der Waals surface area contributed by atoms with E-state index in [1.165, 1.54) is 57.8 Å². The van der Waals surface area contributed by atoms with Crippen molar-refractivity contribution in [1.29, 1.82) is 0 Å². The summed E-state index contributed by atoms with van der Waals surface area (Å²) in [6.45, 7) is 21.8. The van der Waals surface area contributed by atoms with Gasteiger partial charge in [-0.2, -0.15) is 0 Å². The molecule has 30 heavy (non-hydrogen) atoms. The lowest BCUT2D eigenvalue weighted by Gasteiger charge is -2.51. The number of rotatable bonds is 7. The van der Waals surface area contributed by atoms with Crippen molar-refractivity contribution in [2.75, 3.05) is 0 Å². The standard InChI is InChI=1S/C28H52.C2H6/c1-8-23(19(2)3)14-13-22(6)26-15-16-27-24(10-9-17-28(26,27)7)25-18-20(4)11-12-21(25)5;1-2/h19-27H,8-18H2,1-7H3;1-2H3. The molecule has 0 nitrogen and oxygen atoms in total. The van der Waals surface area contributed by atoms with Crippen molar-refractivity contribution in [2.45, 2.75) is 133 Å². The first-order valence-electron chi connectivity index (χ1n) is 14.3. The van der Waals surface area contributed by atoms with E-state index in [1.807, 2.05) is 13.8 Å². The molecule has 0 aliphatic heterocycles. The summed E-state index contributed by atoms with van der Waals surface area (Å²) in [5.41, 5.74) is 0.655. The predicted octanol–water partition coefficient (Wildman–Crippen LogP) is 10.0. The van der Waals surface area contributed by atoms with Gasteiger partial charge >= 0.3 is 0 Å². The summed E-state index contributed by atoms with van der Waals surface area (Å²) < 4.78 is 0. The van der Waals surface area contributed by atoms with Crippen LogP contribution in [-0.4, -0.2) is 0 Å². The summed E-state index contributed by atoms with van der Waals surface area (Å²) in [5, 5.41) is 0. The third-order valence-corrected chi connectivity index (χ3v) is 10.5. The van der Waals surface area contributed by atoms with Gasteiger partial charge in [0.15, 0.2) is 0 Å². The lowest BCUT2D eigenvalue weighted by Crippen LogP contribution is -2.43. The lowest BCUT2D eigenvalue weighted by molar-refractivity contribution is -0.0203. The Morgan fingerprint density at radius 2 is 1.57 bits per heavy atom. The van der Waals surface area contributed by atoms with Crippen LogP contribution in [0.15, 0.2) is 0 Å². The average Bonchev–Trinajstić information content (AvgIpc) is 3.08. The molecule has 0 saturated heterocycles. The van der Waals surface area contributed by atoms with Crippen molar-refractivity contribution in [3.05, 3.63) is 0 Å². The minimum absolute atomic E-state index is 0.655. The van der Waals surface area contributed by atoms with E-state index < -0.39 is 0 Å². The number of hydrogen-bond acceptors (Lipinski definition) is 0. The quantitative estimate of drug-likeness (QED) is 0.385. The minimum Gasteiger partial charge on any atom is -0.0683 e. The largest absolute Gasteiger partial charge is 0.0683 e. The Morgan fingerprint density at radius 3 is 2.20 bits per heavy atom. The van der Waals surface area contributed by atoms with Crippen molar-refractivity contribution in [3.8, 4) is 0 Å². The highest BCUT2D eigenvalue weighted by molar-refractivity contribution is 5.03. The number of fused-ring (bicyclic) bond motifs is 1. The van der Waals surface area contributed by atoms with E-state index in [0.29, 0.717) is 5.41 Å². The summed E-state index contributed by atoms with van der Waals surface area (Å²) in [6.07, 6.45) is 16.5. The molecule has 0 aromatic heterocycles. The second-order valence-electron chi connectivity index (χ2n) is 12.4. The third-order valence-electron chi connectivity index (χ3n) is 10.5. The average molecular weight is 419 g/mol. The zero-order chi connectivity index (χ0) is 22.5. The first kappa shape index (κ1) is 26.3. The fourth-order valence-electron chi connectivity index (χ4n) is 8.59. The molecule has 3 rings (SSSR count). The Balaban J connectivity index is 0.00000155. The van der Waals surface area contributed by atoms with Gasteiger partial charge in [0.2, 0.25) is 0 Å². The van der Waals surface area contributed by atoms with Crippen LogP contribution in [0.3, 0.4) is 0 Å². The Morgan fingerprint density at radius 1 is 0.867 bits per heavy atom.